The summed E-state index contributed by atoms with van der Waals surface area (Å²) in [7, 11) is 0. The third kappa shape index (κ3) is 5.52. The molecule has 2 aromatic carbocycles. The fourth-order valence-electron chi connectivity index (χ4n) is 3.57. The smallest absolute Gasteiger partial charge is 0.330 e. The second kappa shape index (κ2) is 10.9. The van der Waals surface area contributed by atoms with E-state index in [0.29, 0.717) is 11.6 Å². The van der Waals surface area contributed by atoms with E-state index in [9.17, 15) is 14.4 Å². The Morgan fingerprint density at radius 1 is 1.09 bits per heavy atom. The Balaban J connectivity index is 1.56. The zero-order valence-corrected chi connectivity index (χ0v) is 19.9. The van der Waals surface area contributed by atoms with Crippen LogP contribution in [0.25, 0.3) is 5.69 Å². The van der Waals surface area contributed by atoms with Crippen LogP contribution in [0.2, 0.25) is 0 Å². The molecule has 180 valence electrons. The molecule has 10 nitrogen and oxygen atoms in total. The molecule has 3 N–H and O–H groups in total. The maximum atomic E-state index is 13.2. The molecule has 0 saturated carbocycles. The number of nitrogens with zero attached hydrogens (tertiary/aromatic N) is 5. The molecule has 0 bridgehead atoms. The summed E-state index contributed by atoms with van der Waals surface area (Å²) in [5, 5.41) is 4.82. The van der Waals surface area contributed by atoms with Gasteiger partial charge in [0.15, 0.2) is 5.69 Å². The SMILES string of the molecule is CCCN(C(=O)CSc1ncn(-c2ccccc2)n1)c1c(N)n(Cc2ccccc2)c(=O)[nH]c1=O. The summed E-state index contributed by atoms with van der Waals surface area (Å²) < 4.78 is 2.89. The zero-order valence-electron chi connectivity index (χ0n) is 19.1. The minimum absolute atomic E-state index is 0.00447. The van der Waals surface area contributed by atoms with Gasteiger partial charge in [0.25, 0.3) is 5.56 Å². The fourth-order valence-corrected chi connectivity index (χ4v) is 4.25. The number of hydrogen-bond acceptors (Lipinski definition) is 7. The molecule has 0 fully saturated rings. The summed E-state index contributed by atoms with van der Waals surface area (Å²) in [6.07, 6.45) is 2.17. The number of anilines is 2. The Bertz CT molecular complexity index is 1410. The van der Waals surface area contributed by atoms with Crippen molar-refractivity contribution < 1.29 is 4.79 Å². The van der Waals surface area contributed by atoms with Crippen LogP contribution in [0.15, 0.2) is 81.7 Å². The molecule has 0 unspecified atom stereocenters. The lowest BCUT2D eigenvalue weighted by atomic mass is 10.2. The lowest BCUT2D eigenvalue weighted by molar-refractivity contribution is -0.116. The molecule has 11 heteroatoms. The number of hydrogen-bond donors (Lipinski definition) is 2. The summed E-state index contributed by atoms with van der Waals surface area (Å²) >= 11 is 1.16. The number of carbonyl (C=O) groups excluding carboxylic acids is 1. The molecule has 4 rings (SSSR count). The Hall–Kier alpha value is -4.12. The number of thioether (sulfide) groups is 1. The summed E-state index contributed by atoms with van der Waals surface area (Å²) in [5.74, 6) is -0.397. The molecule has 4 aromatic rings. The second-order valence-corrected chi connectivity index (χ2v) is 8.65. The largest absolute Gasteiger partial charge is 0.383 e. The van der Waals surface area contributed by atoms with Gasteiger partial charge in [0.2, 0.25) is 11.1 Å². The molecule has 0 aliphatic carbocycles. The van der Waals surface area contributed by atoms with E-state index >= 15 is 0 Å². The first-order valence-electron chi connectivity index (χ1n) is 11.0. The number of benzene rings is 2. The molecule has 1 amide bonds. The van der Waals surface area contributed by atoms with Crippen molar-refractivity contribution >= 4 is 29.2 Å². The van der Waals surface area contributed by atoms with Crippen molar-refractivity contribution in [2.24, 2.45) is 0 Å². The number of carbonyl (C=O) groups is 1. The zero-order chi connectivity index (χ0) is 24.8. The van der Waals surface area contributed by atoms with Crippen LogP contribution in [0.4, 0.5) is 11.5 Å². The van der Waals surface area contributed by atoms with Crippen molar-refractivity contribution in [2.45, 2.75) is 25.0 Å². The summed E-state index contributed by atoms with van der Waals surface area (Å²) in [6, 6.07) is 18.8. The van der Waals surface area contributed by atoms with Gasteiger partial charge in [-0.25, -0.2) is 14.5 Å². The van der Waals surface area contributed by atoms with Gasteiger partial charge in [0.1, 0.15) is 12.1 Å². The first-order chi connectivity index (χ1) is 17.0. The number of nitrogens with two attached hydrogens (primary N) is 1. The normalized spacial score (nSPS) is 10.9. The summed E-state index contributed by atoms with van der Waals surface area (Å²) in [4.78, 5) is 46.3. The lowest BCUT2D eigenvalue weighted by Crippen LogP contribution is -2.42. The van der Waals surface area contributed by atoms with Crippen molar-refractivity contribution in [3.8, 4) is 5.69 Å². The van der Waals surface area contributed by atoms with E-state index in [1.807, 2.05) is 67.6 Å². The average Bonchev–Trinajstić information content (AvgIpc) is 3.35. The fraction of sp³-hybridized carbons (Fsp3) is 0.208. The molecule has 0 radical (unpaired) electrons. The number of nitrogens with one attached hydrogen (secondary N) is 1. The van der Waals surface area contributed by atoms with Crippen LogP contribution < -0.4 is 21.9 Å². The van der Waals surface area contributed by atoms with E-state index in [1.54, 1.807) is 11.0 Å². The molecule has 0 saturated heterocycles. The maximum absolute atomic E-state index is 13.2. The average molecular weight is 492 g/mol. The minimum atomic E-state index is -0.699. The van der Waals surface area contributed by atoms with Crippen molar-refractivity contribution in [3.05, 3.63) is 93.4 Å². The Kier molecular flexibility index (Phi) is 7.46. The maximum Gasteiger partial charge on any atom is 0.330 e. The van der Waals surface area contributed by atoms with E-state index in [1.165, 1.54) is 9.47 Å². The molecular weight excluding hydrogens is 466 g/mol. The van der Waals surface area contributed by atoms with Crippen molar-refractivity contribution in [2.75, 3.05) is 22.9 Å². The van der Waals surface area contributed by atoms with Gasteiger partial charge in [-0.2, -0.15) is 0 Å². The second-order valence-electron chi connectivity index (χ2n) is 7.71. The number of amides is 1. The Morgan fingerprint density at radius 3 is 2.46 bits per heavy atom. The van der Waals surface area contributed by atoms with Gasteiger partial charge in [-0.05, 0) is 24.1 Å². The highest BCUT2D eigenvalue weighted by atomic mass is 32.2. The van der Waals surface area contributed by atoms with E-state index in [4.69, 9.17) is 5.73 Å². The molecule has 0 aliphatic rings. The van der Waals surface area contributed by atoms with Crippen molar-refractivity contribution in [1.29, 1.82) is 0 Å². The highest BCUT2D eigenvalue weighted by Gasteiger charge is 2.24. The Labute approximate surface area is 205 Å². The third-order valence-corrected chi connectivity index (χ3v) is 6.07. The van der Waals surface area contributed by atoms with Crippen molar-refractivity contribution in [3.63, 3.8) is 0 Å². The predicted octanol–water partition coefficient (Wildman–Crippen LogP) is 2.28. The van der Waals surface area contributed by atoms with Crippen LogP contribution in [-0.4, -0.2) is 42.5 Å². The molecule has 35 heavy (non-hydrogen) atoms. The van der Waals surface area contributed by atoms with Gasteiger partial charge in [-0.15, -0.1) is 5.10 Å². The molecule has 0 aliphatic heterocycles. The molecular formula is C24H25N7O3S. The molecule has 2 heterocycles. The number of aromatic amines is 1. The van der Waals surface area contributed by atoms with E-state index in [-0.39, 0.29) is 36.3 Å². The van der Waals surface area contributed by atoms with Gasteiger partial charge in [-0.1, -0.05) is 67.2 Å². The summed E-state index contributed by atoms with van der Waals surface area (Å²) in [5.41, 5.74) is 6.62. The van der Waals surface area contributed by atoms with Gasteiger partial charge in [0.05, 0.1) is 18.0 Å². The predicted molar refractivity (Wildman–Crippen MR) is 136 cm³/mol. The van der Waals surface area contributed by atoms with Gasteiger partial charge >= 0.3 is 5.69 Å². The van der Waals surface area contributed by atoms with E-state index in [0.717, 1.165) is 23.0 Å². The van der Waals surface area contributed by atoms with Crippen LogP contribution in [0, 0.1) is 0 Å². The van der Waals surface area contributed by atoms with Gasteiger partial charge in [-0.3, -0.25) is 19.1 Å². The molecule has 0 atom stereocenters. The van der Waals surface area contributed by atoms with Gasteiger partial charge < -0.3 is 10.6 Å². The Morgan fingerprint density at radius 2 is 1.77 bits per heavy atom. The quantitative estimate of drug-likeness (QED) is 0.343. The lowest BCUT2D eigenvalue weighted by Gasteiger charge is -2.24. The number of H-pyrrole nitrogens is 1. The first-order valence-corrected chi connectivity index (χ1v) is 12.0. The van der Waals surface area contributed by atoms with Gasteiger partial charge in [0, 0.05) is 6.54 Å². The monoisotopic (exact) mass is 491 g/mol. The topological polar surface area (TPSA) is 132 Å². The number of rotatable bonds is 9. The van der Waals surface area contributed by atoms with Crippen LogP contribution >= 0.6 is 11.8 Å². The first kappa shape index (κ1) is 24.0. The van der Waals surface area contributed by atoms with Crippen LogP contribution in [0.5, 0.6) is 0 Å². The standard InChI is InChI=1S/C24H25N7O3S/c1-2-13-29(19(32)15-35-23-26-16-31(28-23)18-11-7-4-8-12-18)20-21(25)30(24(34)27-22(20)33)14-17-9-5-3-6-10-17/h3-12,16H,2,13-15,25H2,1H3,(H,27,33,34). The molecule has 2 aromatic heterocycles. The van der Waals surface area contributed by atoms with E-state index in [2.05, 4.69) is 15.1 Å². The number of para-hydroxylation sites is 1. The minimum Gasteiger partial charge on any atom is -0.383 e. The number of nitrogen functional groups attached to an aromatic ring is 1. The number of aromatic nitrogens is 5. The summed E-state index contributed by atoms with van der Waals surface area (Å²) in [6.45, 7) is 2.32. The highest BCUT2D eigenvalue weighted by molar-refractivity contribution is 7.99. The van der Waals surface area contributed by atoms with Crippen LogP contribution in [0.3, 0.4) is 0 Å². The third-order valence-electron chi connectivity index (χ3n) is 5.23. The molecule has 0 spiro atoms. The van der Waals surface area contributed by atoms with E-state index < -0.39 is 11.2 Å². The van der Waals surface area contributed by atoms with Crippen LogP contribution in [-0.2, 0) is 11.3 Å². The highest BCUT2D eigenvalue weighted by Crippen LogP contribution is 2.21. The van der Waals surface area contributed by atoms with Crippen LogP contribution in [0.1, 0.15) is 18.9 Å². The van der Waals surface area contributed by atoms with Crippen molar-refractivity contribution in [1.82, 2.24) is 24.3 Å².